The Balaban J connectivity index is 2.07. The van der Waals surface area contributed by atoms with Crippen LogP contribution in [0.5, 0.6) is 5.75 Å². The molecule has 3 rings (SSSR count). The van der Waals surface area contributed by atoms with Crippen LogP contribution in [0.1, 0.15) is 38.3 Å². The van der Waals surface area contributed by atoms with Gasteiger partial charge in [-0.25, -0.2) is 4.79 Å². The number of hydrogen-bond donors (Lipinski definition) is 0. The van der Waals surface area contributed by atoms with E-state index in [1.807, 2.05) is 42.5 Å². The zero-order valence-electron chi connectivity index (χ0n) is 19.6. The van der Waals surface area contributed by atoms with E-state index in [1.165, 1.54) is 0 Å². The summed E-state index contributed by atoms with van der Waals surface area (Å²) in [6, 6.07) is 16.8. The number of benzene rings is 2. The molecule has 33 heavy (non-hydrogen) atoms. The fourth-order valence-electron chi connectivity index (χ4n) is 4.58. The standard InChI is InChI=1S/C26H31NO6/c1-5-32-22(28)17-25(3)23(29)27(18-20-12-14-21(31-4)15-13-20)26(25,24(30)33-6-2)16-19-10-8-7-9-11-19/h7-15H,5-6,16-18H2,1-4H3/t25-,26+/m1/s1. The van der Waals surface area contributed by atoms with Gasteiger partial charge in [0.1, 0.15) is 5.75 Å². The lowest BCUT2D eigenvalue weighted by atomic mass is 9.56. The molecule has 7 nitrogen and oxygen atoms in total. The number of carbonyl (C=O) groups is 3. The summed E-state index contributed by atoms with van der Waals surface area (Å²) in [6.45, 7) is 5.66. The minimum atomic E-state index is -1.35. The highest BCUT2D eigenvalue weighted by Gasteiger charge is 2.73. The van der Waals surface area contributed by atoms with Crippen molar-refractivity contribution in [3.8, 4) is 5.75 Å². The number of ether oxygens (including phenoxy) is 3. The molecule has 0 spiro atoms. The Kier molecular flexibility index (Phi) is 7.41. The molecular formula is C26H31NO6. The average Bonchev–Trinajstić information content (AvgIpc) is 2.82. The summed E-state index contributed by atoms with van der Waals surface area (Å²) in [7, 11) is 1.58. The summed E-state index contributed by atoms with van der Waals surface area (Å²) < 4.78 is 15.9. The average molecular weight is 454 g/mol. The minimum absolute atomic E-state index is 0.162. The van der Waals surface area contributed by atoms with Gasteiger partial charge < -0.3 is 19.1 Å². The second kappa shape index (κ2) is 10.1. The summed E-state index contributed by atoms with van der Waals surface area (Å²) in [5.74, 6) is -0.620. The van der Waals surface area contributed by atoms with Gasteiger partial charge in [-0.15, -0.1) is 0 Å². The van der Waals surface area contributed by atoms with E-state index in [2.05, 4.69) is 0 Å². The van der Waals surface area contributed by atoms with Crippen molar-refractivity contribution in [2.24, 2.45) is 5.41 Å². The largest absolute Gasteiger partial charge is 0.497 e. The van der Waals surface area contributed by atoms with Gasteiger partial charge in [0, 0.05) is 13.0 Å². The topological polar surface area (TPSA) is 82.1 Å². The summed E-state index contributed by atoms with van der Waals surface area (Å²) in [6.07, 6.45) is 0.0227. The number of esters is 2. The molecule has 0 radical (unpaired) electrons. The van der Waals surface area contributed by atoms with Crippen LogP contribution in [0, 0.1) is 5.41 Å². The molecule has 1 heterocycles. The van der Waals surface area contributed by atoms with E-state index in [9.17, 15) is 14.4 Å². The molecule has 2 aromatic rings. The second-order valence-electron chi connectivity index (χ2n) is 8.30. The molecule has 1 saturated heterocycles. The van der Waals surface area contributed by atoms with Crippen LogP contribution in [-0.2, 0) is 36.8 Å². The molecule has 0 saturated carbocycles. The maximum absolute atomic E-state index is 13.6. The van der Waals surface area contributed by atoms with Crippen LogP contribution in [0.2, 0.25) is 0 Å². The Bertz CT molecular complexity index is 990. The number of β-lactam (4-membered cyclic amide) rings is 1. The molecule has 7 heteroatoms. The normalized spacial score (nSPS) is 21.8. The summed E-state index contributed by atoms with van der Waals surface area (Å²) >= 11 is 0. The molecule has 0 N–H and O–H groups in total. The smallest absolute Gasteiger partial charge is 0.333 e. The number of carbonyl (C=O) groups excluding carboxylic acids is 3. The Labute approximate surface area is 194 Å². The molecule has 0 aromatic heterocycles. The number of hydrogen-bond acceptors (Lipinski definition) is 6. The van der Waals surface area contributed by atoms with Crippen LogP contribution in [0.25, 0.3) is 0 Å². The van der Waals surface area contributed by atoms with Gasteiger partial charge in [0.15, 0.2) is 5.54 Å². The van der Waals surface area contributed by atoms with Gasteiger partial charge >= 0.3 is 11.9 Å². The monoisotopic (exact) mass is 453 g/mol. The quantitative estimate of drug-likeness (QED) is 0.404. The number of rotatable bonds is 10. The third kappa shape index (κ3) is 4.45. The van der Waals surface area contributed by atoms with Gasteiger partial charge in [0.05, 0.1) is 32.2 Å². The van der Waals surface area contributed by atoms with Gasteiger partial charge in [-0.1, -0.05) is 42.5 Å². The van der Waals surface area contributed by atoms with Crippen molar-refractivity contribution >= 4 is 17.8 Å². The SMILES string of the molecule is CCOC(=O)C[C@]1(C)C(=O)N(Cc2ccc(OC)cc2)[C@@]1(Cc1ccccc1)C(=O)OCC. The number of methoxy groups -OCH3 is 1. The number of amides is 1. The van der Waals surface area contributed by atoms with Gasteiger partial charge in [0.2, 0.25) is 5.91 Å². The first-order chi connectivity index (χ1) is 15.8. The van der Waals surface area contributed by atoms with Crippen LogP contribution in [0.15, 0.2) is 54.6 Å². The zero-order valence-corrected chi connectivity index (χ0v) is 19.6. The lowest BCUT2D eigenvalue weighted by Gasteiger charge is -2.61. The van der Waals surface area contributed by atoms with E-state index in [1.54, 1.807) is 44.9 Å². The molecule has 1 aliphatic rings. The van der Waals surface area contributed by atoms with E-state index in [4.69, 9.17) is 14.2 Å². The highest BCUT2D eigenvalue weighted by Crippen LogP contribution is 2.54. The maximum Gasteiger partial charge on any atom is 0.333 e. The molecule has 2 atom stereocenters. The van der Waals surface area contributed by atoms with Gasteiger partial charge in [-0.2, -0.15) is 0 Å². The third-order valence-corrected chi connectivity index (χ3v) is 6.31. The van der Waals surface area contributed by atoms with E-state index < -0.39 is 22.9 Å². The van der Waals surface area contributed by atoms with Crippen LogP contribution in [-0.4, -0.2) is 48.6 Å². The minimum Gasteiger partial charge on any atom is -0.497 e. The number of likely N-dealkylation sites (tertiary alicyclic amines) is 1. The zero-order chi connectivity index (χ0) is 24.1. The predicted octanol–water partition coefficient (Wildman–Crippen LogP) is 3.54. The molecule has 0 aliphatic carbocycles. The summed E-state index contributed by atoms with van der Waals surface area (Å²) in [5.41, 5.74) is -0.945. The summed E-state index contributed by atoms with van der Waals surface area (Å²) in [5, 5.41) is 0. The molecule has 0 unspecified atom stereocenters. The van der Waals surface area contributed by atoms with Crippen LogP contribution in [0.4, 0.5) is 0 Å². The van der Waals surface area contributed by atoms with Gasteiger partial charge in [0.25, 0.3) is 0 Å². The molecule has 176 valence electrons. The number of nitrogens with zero attached hydrogens (tertiary/aromatic N) is 1. The molecule has 1 amide bonds. The Hall–Kier alpha value is -3.35. The summed E-state index contributed by atoms with van der Waals surface area (Å²) in [4.78, 5) is 41.2. The van der Waals surface area contributed by atoms with Crippen molar-refractivity contribution in [3.05, 3.63) is 65.7 Å². The van der Waals surface area contributed by atoms with Crippen LogP contribution >= 0.6 is 0 Å². The van der Waals surface area contributed by atoms with Crippen molar-refractivity contribution in [2.75, 3.05) is 20.3 Å². The fraction of sp³-hybridized carbons (Fsp3) is 0.423. The highest BCUT2D eigenvalue weighted by atomic mass is 16.5. The fourth-order valence-corrected chi connectivity index (χ4v) is 4.58. The molecule has 1 aliphatic heterocycles. The van der Waals surface area contributed by atoms with Crippen molar-refractivity contribution < 1.29 is 28.6 Å². The molecule has 1 fully saturated rings. The van der Waals surface area contributed by atoms with Crippen molar-refractivity contribution in [3.63, 3.8) is 0 Å². The predicted molar refractivity (Wildman–Crippen MR) is 122 cm³/mol. The second-order valence-corrected chi connectivity index (χ2v) is 8.30. The molecular weight excluding hydrogens is 422 g/mol. The van der Waals surface area contributed by atoms with Crippen LogP contribution < -0.4 is 4.74 Å². The Morgan fingerprint density at radius 3 is 2.12 bits per heavy atom. The van der Waals surface area contributed by atoms with E-state index >= 15 is 0 Å². The van der Waals surface area contributed by atoms with E-state index in [0.29, 0.717) is 5.75 Å². The lowest BCUT2D eigenvalue weighted by molar-refractivity contribution is -0.212. The van der Waals surface area contributed by atoms with Gasteiger partial charge in [-0.05, 0) is 44.0 Å². The van der Waals surface area contributed by atoms with Crippen molar-refractivity contribution in [1.82, 2.24) is 4.90 Å². The Morgan fingerprint density at radius 1 is 0.909 bits per heavy atom. The molecule has 2 aromatic carbocycles. The van der Waals surface area contributed by atoms with Crippen LogP contribution in [0.3, 0.4) is 0 Å². The Morgan fingerprint density at radius 2 is 1.55 bits per heavy atom. The van der Waals surface area contributed by atoms with E-state index in [0.717, 1.165) is 11.1 Å². The van der Waals surface area contributed by atoms with Crippen molar-refractivity contribution in [1.29, 1.82) is 0 Å². The van der Waals surface area contributed by atoms with Crippen molar-refractivity contribution in [2.45, 2.75) is 45.7 Å². The first kappa shape index (κ1) is 24.3. The highest BCUT2D eigenvalue weighted by molar-refractivity contribution is 6.06. The van der Waals surface area contributed by atoms with E-state index in [-0.39, 0.29) is 38.5 Å². The first-order valence-corrected chi connectivity index (χ1v) is 11.1. The third-order valence-electron chi connectivity index (χ3n) is 6.31. The first-order valence-electron chi connectivity index (χ1n) is 11.1. The molecule has 0 bridgehead atoms. The van der Waals surface area contributed by atoms with Gasteiger partial charge in [-0.3, -0.25) is 9.59 Å². The lowest BCUT2D eigenvalue weighted by Crippen LogP contribution is -2.81. The maximum atomic E-state index is 13.6.